The third kappa shape index (κ3) is 3.47. The highest BCUT2D eigenvalue weighted by Crippen LogP contribution is 2.43. The molecule has 0 radical (unpaired) electrons. The number of benzene rings is 2. The Bertz CT molecular complexity index is 684. The molecule has 1 heterocycles. The number of rotatable bonds is 4. The van der Waals surface area contributed by atoms with Gasteiger partial charge in [0.1, 0.15) is 0 Å². The lowest BCUT2D eigenvalue weighted by atomic mass is 9.83. The summed E-state index contributed by atoms with van der Waals surface area (Å²) in [6.07, 6.45) is 0.898. The number of hydrogen-bond acceptors (Lipinski definition) is 4. The molecule has 1 aliphatic heterocycles. The van der Waals surface area contributed by atoms with Gasteiger partial charge in [0.25, 0.3) is 5.69 Å². The number of nitro groups is 1. The third-order valence-corrected chi connectivity index (χ3v) is 4.69. The average Bonchev–Trinajstić information content (AvgIpc) is 2.62. The van der Waals surface area contributed by atoms with E-state index in [4.69, 9.17) is 4.74 Å². The van der Waals surface area contributed by atoms with Gasteiger partial charge in [0.05, 0.1) is 23.2 Å². The summed E-state index contributed by atoms with van der Waals surface area (Å²) in [5, 5.41) is 21.0. The first-order valence-electron chi connectivity index (χ1n) is 8.19. The Kier molecular flexibility index (Phi) is 4.92. The van der Waals surface area contributed by atoms with Crippen LogP contribution in [-0.4, -0.2) is 16.1 Å². The molecule has 0 aliphatic carbocycles. The standard InChI is InChI=1S/C19H21NO4/c1-13(21)17-11-12-18(14-5-3-2-4-6-14)24-19(17)15-7-9-16(10-8-15)20(22)23/h2-10,13,17-19,21H,11-12H2,1H3/t13?,17-,18+,19+/m1/s1. The summed E-state index contributed by atoms with van der Waals surface area (Å²) in [5.41, 5.74) is 2.04. The van der Waals surface area contributed by atoms with Crippen LogP contribution >= 0.6 is 0 Å². The second-order valence-electron chi connectivity index (χ2n) is 6.29. The summed E-state index contributed by atoms with van der Waals surface area (Å²) in [4.78, 5) is 10.4. The Morgan fingerprint density at radius 3 is 2.33 bits per heavy atom. The lowest BCUT2D eigenvalue weighted by molar-refractivity contribution is -0.384. The monoisotopic (exact) mass is 327 g/mol. The molecule has 1 unspecified atom stereocenters. The van der Waals surface area contributed by atoms with E-state index in [0.717, 1.165) is 24.0 Å². The molecule has 5 heteroatoms. The summed E-state index contributed by atoms with van der Waals surface area (Å²) in [5.74, 6) is -0.0218. The first-order chi connectivity index (χ1) is 11.6. The fraction of sp³-hybridized carbons (Fsp3) is 0.368. The maximum atomic E-state index is 10.8. The predicted octanol–water partition coefficient (Wildman–Crippen LogP) is 4.18. The second-order valence-corrected chi connectivity index (χ2v) is 6.29. The minimum absolute atomic E-state index is 0.0218. The van der Waals surface area contributed by atoms with Crippen LogP contribution in [0.15, 0.2) is 54.6 Å². The highest BCUT2D eigenvalue weighted by atomic mass is 16.6. The number of aliphatic hydroxyl groups is 1. The van der Waals surface area contributed by atoms with Crippen molar-refractivity contribution in [2.45, 2.75) is 38.1 Å². The molecule has 126 valence electrons. The fourth-order valence-corrected chi connectivity index (χ4v) is 3.36. The van der Waals surface area contributed by atoms with Gasteiger partial charge in [-0.3, -0.25) is 10.1 Å². The number of nitrogens with zero attached hydrogens (tertiary/aromatic N) is 1. The summed E-state index contributed by atoms with van der Waals surface area (Å²) in [7, 11) is 0. The van der Waals surface area contributed by atoms with E-state index in [2.05, 4.69) is 0 Å². The Morgan fingerprint density at radius 1 is 1.08 bits per heavy atom. The average molecular weight is 327 g/mol. The molecule has 0 bridgehead atoms. The van der Waals surface area contributed by atoms with Crippen molar-refractivity contribution in [3.05, 3.63) is 75.8 Å². The fourth-order valence-electron chi connectivity index (χ4n) is 3.36. The van der Waals surface area contributed by atoms with Crippen LogP contribution < -0.4 is 0 Å². The van der Waals surface area contributed by atoms with Crippen LogP contribution in [0.2, 0.25) is 0 Å². The van der Waals surface area contributed by atoms with Gasteiger partial charge in [-0.05, 0) is 43.0 Å². The van der Waals surface area contributed by atoms with Crippen molar-refractivity contribution in [2.24, 2.45) is 5.92 Å². The largest absolute Gasteiger partial charge is 0.393 e. The molecule has 3 rings (SSSR count). The summed E-state index contributed by atoms with van der Waals surface area (Å²) >= 11 is 0. The van der Waals surface area contributed by atoms with Gasteiger partial charge in [0.15, 0.2) is 0 Å². The maximum Gasteiger partial charge on any atom is 0.269 e. The van der Waals surface area contributed by atoms with Gasteiger partial charge in [-0.25, -0.2) is 0 Å². The van der Waals surface area contributed by atoms with Gasteiger partial charge in [0, 0.05) is 18.1 Å². The molecule has 0 aromatic heterocycles. The van der Waals surface area contributed by atoms with Crippen molar-refractivity contribution in [1.82, 2.24) is 0 Å². The van der Waals surface area contributed by atoms with Crippen LogP contribution in [-0.2, 0) is 4.74 Å². The second kappa shape index (κ2) is 7.11. The molecule has 4 atom stereocenters. The molecule has 1 aliphatic rings. The minimum Gasteiger partial charge on any atom is -0.393 e. The molecular weight excluding hydrogens is 306 g/mol. The molecule has 0 spiro atoms. The highest BCUT2D eigenvalue weighted by Gasteiger charge is 2.35. The molecule has 2 aromatic carbocycles. The predicted molar refractivity (Wildman–Crippen MR) is 90.5 cm³/mol. The third-order valence-electron chi connectivity index (χ3n) is 4.69. The van der Waals surface area contributed by atoms with Gasteiger partial charge in [-0.15, -0.1) is 0 Å². The van der Waals surface area contributed by atoms with E-state index >= 15 is 0 Å². The molecule has 1 saturated heterocycles. The van der Waals surface area contributed by atoms with Crippen molar-refractivity contribution in [2.75, 3.05) is 0 Å². The molecule has 2 aromatic rings. The van der Waals surface area contributed by atoms with E-state index in [0.29, 0.717) is 0 Å². The Balaban J connectivity index is 1.86. The van der Waals surface area contributed by atoms with Crippen LogP contribution in [0.1, 0.15) is 43.1 Å². The number of ether oxygens (including phenoxy) is 1. The minimum atomic E-state index is -0.498. The van der Waals surface area contributed by atoms with Crippen molar-refractivity contribution < 1.29 is 14.8 Å². The Morgan fingerprint density at radius 2 is 1.75 bits per heavy atom. The van der Waals surface area contributed by atoms with Gasteiger partial charge in [0.2, 0.25) is 0 Å². The molecule has 5 nitrogen and oxygen atoms in total. The zero-order valence-electron chi connectivity index (χ0n) is 13.5. The Hall–Kier alpha value is -2.24. The quantitative estimate of drug-likeness (QED) is 0.675. The molecule has 1 fully saturated rings. The number of aliphatic hydroxyl groups excluding tert-OH is 1. The summed E-state index contributed by atoms with van der Waals surface area (Å²) in [6, 6.07) is 16.5. The van der Waals surface area contributed by atoms with Gasteiger partial charge in [-0.2, -0.15) is 0 Å². The maximum absolute atomic E-state index is 10.8. The van der Waals surface area contributed by atoms with Gasteiger partial charge < -0.3 is 9.84 Å². The van der Waals surface area contributed by atoms with Gasteiger partial charge >= 0.3 is 0 Å². The molecule has 0 amide bonds. The van der Waals surface area contributed by atoms with Crippen LogP contribution in [0.3, 0.4) is 0 Å². The van der Waals surface area contributed by atoms with Crippen molar-refractivity contribution >= 4 is 5.69 Å². The van der Waals surface area contributed by atoms with Crippen LogP contribution in [0.5, 0.6) is 0 Å². The van der Waals surface area contributed by atoms with E-state index in [1.807, 2.05) is 30.3 Å². The molecule has 1 N–H and O–H groups in total. The van der Waals surface area contributed by atoms with Crippen LogP contribution in [0.25, 0.3) is 0 Å². The van der Waals surface area contributed by atoms with Crippen molar-refractivity contribution in [3.63, 3.8) is 0 Å². The van der Waals surface area contributed by atoms with E-state index in [9.17, 15) is 15.2 Å². The van der Waals surface area contributed by atoms with Gasteiger partial charge in [-0.1, -0.05) is 30.3 Å². The van der Waals surface area contributed by atoms with E-state index in [1.54, 1.807) is 19.1 Å². The normalized spacial score (nSPS) is 25.2. The van der Waals surface area contributed by atoms with E-state index in [1.165, 1.54) is 12.1 Å². The highest BCUT2D eigenvalue weighted by molar-refractivity contribution is 5.34. The SMILES string of the molecule is CC(O)[C@H]1CC[C@@H](c2ccccc2)O[C@H]1c1ccc([N+](=O)[O-])cc1. The van der Waals surface area contributed by atoms with E-state index < -0.39 is 11.0 Å². The zero-order chi connectivity index (χ0) is 17.1. The first kappa shape index (κ1) is 16.6. The topological polar surface area (TPSA) is 72.6 Å². The first-order valence-corrected chi connectivity index (χ1v) is 8.19. The lowest BCUT2D eigenvalue weighted by Crippen LogP contribution is -2.32. The van der Waals surface area contributed by atoms with Crippen molar-refractivity contribution in [1.29, 1.82) is 0 Å². The number of non-ortho nitro benzene ring substituents is 1. The number of hydrogen-bond donors (Lipinski definition) is 1. The summed E-state index contributed by atoms with van der Waals surface area (Å²) < 4.78 is 6.30. The lowest BCUT2D eigenvalue weighted by Gasteiger charge is -2.38. The van der Waals surface area contributed by atoms with Crippen LogP contribution in [0, 0.1) is 16.0 Å². The van der Waals surface area contributed by atoms with Crippen molar-refractivity contribution in [3.8, 4) is 0 Å². The smallest absolute Gasteiger partial charge is 0.269 e. The molecular formula is C19H21NO4. The molecule has 24 heavy (non-hydrogen) atoms. The summed E-state index contributed by atoms with van der Waals surface area (Å²) in [6.45, 7) is 1.77. The molecule has 0 saturated carbocycles. The zero-order valence-corrected chi connectivity index (χ0v) is 13.5. The van der Waals surface area contributed by atoms with Crippen LogP contribution in [0.4, 0.5) is 5.69 Å². The van der Waals surface area contributed by atoms with E-state index in [-0.39, 0.29) is 23.8 Å². The Labute approximate surface area is 141 Å². The number of nitro benzene ring substituents is 1.